The summed E-state index contributed by atoms with van der Waals surface area (Å²) in [5.74, 6) is 0. The Morgan fingerprint density at radius 3 is 2.74 bits per heavy atom. The fraction of sp³-hybridized carbons (Fsp3) is 0.385. The van der Waals surface area contributed by atoms with E-state index in [0.29, 0.717) is 24.0 Å². The third-order valence-corrected chi connectivity index (χ3v) is 5.76. The highest BCUT2D eigenvalue weighted by atomic mass is 35.5. The molecule has 10 heteroatoms. The molecule has 1 aromatic heterocycles. The van der Waals surface area contributed by atoms with E-state index in [1.807, 2.05) is 0 Å². The van der Waals surface area contributed by atoms with Gasteiger partial charge < -0.3 is 5.32 Å². The Hall–Kier alpha value is -1.84. The summed E-state index contributed by atoms with van der Waals surface area (Å²) in [4.78, 5) is 18.3. The largest absolute Gasteiger partial charge is 0.315 e. The van der Waals surface area contributed by atoms with E-state index in [4.69, 9.17) is 0 Å². The maximum Gasteiger partial charge on any atom is 0.271 e. The Balaban J connectivity index is 0.00000192. The van der Waals surface area contributed by atoms with E-state index in [1.54, 1.807) is 0 Å². The highest BCUT2D eigenvalue weighted by Crippen LogP contribution is 2.22. The highest BCUT2D eigenvalue weighted by molar-refractivity contribution is 7.92. The van der Waals surface area contributed by atoms with Gasteiger partial charge in [-0.15, -0.1) is 12.4 Å². The molecular formula is C13H15ClN4O4S. The minimum Gasteiger partial charge on any atom is -0.315 e. The maximum absolute atomic E-state index is 12.6. The molecule has 1 aromatic carbocycles. The minimum absolute atomic E-state index is 0. The molecule has 124 valence electrons. The zero-order chi connectivity index (χ0) is 15.7. The fourth-order valence-electron chi connectivity index (χ4n) is 2.49. The number of halogens is 1. The summed E-state index contributed by atoms with van der Waals surface area (Å²) in [5.41, 5.74) is 0.527. The van der Waals surface area contributed by atoms with Gasteiger partial charge in [0.2, 0.25) is 9.84 Å². The summed E-state index contributed by atoms with van der Waals surface area (Å²) in [6.45, 7) is 1.22. The van der Waals surface area contributed by atoms with Crippen molar-refractivity contribution in [2.75, 3.05) is 13.1 Å². The van der Waals surface area contributed by atoms with Gasteiger partial charge in [-0.3, -0.25) is 15.1 Å². The number of hydrogen-bond acceptors (Lipinski definition) is 7. The van der Waals surface area contributed by atoms with Crippen molar-refractivity contribution < 1.29 is 13.3 Å². The molecule has 0 bridgehead atoms. The molecule has 1 aliphatic heterocycles. The smallest absolute Gasteiger partial charge is 0.271 e. The SMILES string of the molecule is Cl.O=[N+]([O-])c1ccc2nc(S(=O)(=O)C3CCCNC3)cnc2c1. The van der Waals surface area contributed by atoms with Gasteiger partial charge in [-0.05, 0) is 25.5 Å². The van der Waals surface area contributed by atoms with E-state index in [2.05, 4.69) is 15.3 Å². The van der Waals surface area contributed by atoms with E-state index in [0.717, 1.165) is 13.0 Å². The molecule has 1 atom stereocenters. The maximum atomic E-state index is 12.6. The zero-order valence-electron chi connectivity index (χ0n) is 12.0. The first-order chi connectivity index (χ1) is 10.5. The number of nitrogens with one attached hydrogen (secondary N) is 1. The van der Waals surface area contributed by atoms with Crippen molar-refractivity contribution in [3.63, 3.8) is 0 Å². The lowest BCUT2D eigenvalue weighted by molar-refractivity contribution is -0.384. The second-order valence-corrected chi connectivity index (χ2v) is 7.33. The fourth-order valence-corrected chi connectivity index (χ4v) is 4.07. The summed E-state index contributed by atoms with van der Waals surface area (Å²) in [5, 5.41) is 13.2. The molecule has 0 saturated carbocycles. The molecule has 3 rings (SSSR count). The van der Waals surface area contributed by atoms with E-state index >= 15 is 0 Å². The molecule has 8 nitrogen and oxygen atoms in total. The Morgan fingerprint density at radius 2 is 2.09 bits per heavy atom. The first kappa shape index (κ1) is 17.5. The van der Waals surface area contributed by atoms with Crippen LogP contribution in [0, 0.1) is 10.1 Å². The van der Waals surface area contributed by atoms with Gasteiger partial charge >= 0.3 is 0 Å². The number of benzene rings is 1. The number of aromatic nitrogens is 2. The number of rotatable bonds is 3. The molecule has 2 aromatic rings. The van der Waals surface area contributed by atoms with Crippen LogP contribution in [0.2, 0.25) is 0 Å². The molecule has 0 aliphatic carbocycles. The van der Waals surface area contributed by atoms with Crippen molar-refractivity contribution >= 4 is 39.0 Å². The van der Waals surface area contributed by atoms with Crippen LogP contribution in [-0.2, 0) is 9.84 Å². The van der Waals surface area contributed by atoms with Crippen LogP contribution in [0.1, 0.15) is 12.8 Å². The summed E-state index contributed by atoms with van der Waals surface area (Å²) < 4.78 is 25.1. The lowest BCUT2D eigenvalue weighted by Gasteiger charge is -2.22. The van der Waals surface area contributed by atoms with Gasteiger partial charge in [0.05, 0.1) is 27.4 Å². The Morgan fingerprint density at radius 1 is 1.30 bits per heavy atom. The van der Waals surface area contributed by atoms with Crippen molar-refractivity contribution in [3.05, 3.63) is 34.5 Å². The number of non-ortho nitro benzene ring substituents is 1. The summed E-state index contributed by atoms with van der Waals surface area (Å²) in [6, 6.07) is 3.98. The third kappa shape index (κ3) is 3.41. The topological polar surface area (TPSA) is 115 Å². The molecular weight excluding hydrogens is 344 g/mol. The van der Waals surface area contributed by atoms with E-state index < -0.39 is 20.0 Å². The van der Waals surface area contributed by atoms with Gasteiger partial charge in [-0.1, -0.05) is 0 Å². The molecule has 1 fully saturated rings. The molecule has 0 spiro atoms. The van der Waals surface area contributed by atoms with E-state index in [1.165, 1.54) is 24.4 Å². The van der Waals surface area contributed by atoms with Gasteiger partial charge in [0.15, 0.2) is 5.03 Å². The van der Waals surface area contributed by atoms with E-state index in [9.17, 15) is 18.5 Å². The second kappa shape index (κ2) is 6.73. The Kier molecular flexibility index (Phi) is 5.12. The Labute approximate surface area is 138 Å². The van der Waals surface area contributed by atoms with Crippen LogP contribution in [-0.4, -0.2) is 41.6 Å². The van der Waals surface area contributed by atoms with Gasteiger partial charge in [-0.25, -0.2) is 13.4 Å². The quantitative estimate of drug-likeness (QED) is 0.652. The molecule has 2 heterocycles. The van der Waals surface area contributed by atoms with E-state index in [-0.39, 0.29) is 23.1 Å². The van der Waals surface area contributed by atoms with Crippen molar-refractivity contribution in [2.45, 2.75) is 23.1 Å². The molecule has 1 unspecified atom stereocenters. The standard InChI is InChI=1S/C13H14N4O4S.ClH/c18-17(19)9-3-4-11-12(6-9)15-8-13(16-11)22(20,21)10-2-1-5-14-7-10;/h3-4,6,8,10,14H,1-2,5,7H2;1H. The number of nitrogens with zero attached hydrogens (tertiary/aromatic N) is 3. The summed E-state index contributed by atoms with van der Waals surface area (Å²) in [7, 11) is -3.55. The molecule has 0 amide bonds. The van der Waals surface area contributed by atoms with Crippen LogP contribution in [0.4, 0.5) is 5.69 Å². The van der Waals surface area contributed by atoms with Crippen LogP contribution in [0.5, 0.6) is 0 Å². The van der Waals surface area contributed by atoms with Gasteiger partial charge in [0.1, 0.15) is 0 Å². The average Bonchev–Trinajstić information content (AvgIpc) is 2.54. The van der Waals surface area contributed by atoms with Crippen LogP contribution < -0.4 is 5.32 Å². The lowest BCUT2D eigenvalue weighted by atomic mass is 10.2. The molecule has 1 saturated heterocycles. The van der Waals surface area contributed by atoms with Crippen molar-refractivity contribution in [1.29, 1.82) is 0 Å². The third-order valence-electron chi connectivity index (χ3n) is 3.70. The average molecular weight is 359 g/mol. The number of nitro benzene ring substituents is 1. The van der Waals surface area contributed by atoms with Gasteiger partial charge in [-0.2, -0.15) is 0 Å². The summed E-state index contributed by atoms with van der Waals surface area (Å²) in [6.07, 6.45) is 2.57. The molecule has 23 heavy (non-hydrogen) atoms. The van der Waals surface area contributed by atoms with Gasteiger partial charge in [0, 0.05) is 18.7 Å². The van der Waals surface area contributed by atoms with Crippen LogP contribution in [0.3, 0.4) is 0 Å². The summed E-state index contributed by atoms with van der Waals surface area (Å²) >= 11 is 0. The number of hydrogen-bond donors (Lipinski definition) is 1. The van der Waals surface area contributed by atoms with Crippen molar-refractivity contribution in [2.24, 2.45) is 0 Å². The van der Waals surface area contributed by atoms with Crippen LogP contribution in [0.15, 0.2) is 29.4 Å². The number of sulfone groups is 1. The normalized spacial score (nSPS) is 18.3. The zero-order valence-corrected chi connectivity index (χ0v) is 13.6. The molecule has 0 radical (unpaired) electrons. The number of nitro groups is 1. The van der Waals surface area contributed by atoms with Gasteiger partial charge in [0.25, 0.3) is 5.69 Å². The lowest BCUT2D eigenvalue weighted by Crippen LogP contribution is -2.39. The predicted octanol–water partition coefficient (Wildman–Crippen LogP) is 1.49. The van der Waals surface area contributed by atoms with Crippen molar-refractivity contribution in [1.82, 2.24) is 15.3 Å². The first-order valence-electron chi connectivity index (χ1n) is 6.84. The molecule has 1 N–H and O–H groups in total. The monoisotopic (exact) mass is 358 g/mol. The van der Waals surface area contributed by atoms with Crippen LogP contribution in [0.25, 0.3) is 11.0 Å². The van der Waals surface area contributed by atoms with Crippen molar-refractivity contribution in [3.8, 4) is 0 Å². The number of fused-ring (bicyclic) bond motifs is 1. The molecule has 1 aliphatic rings. The predicted molar refractivity (Wildman–Crippen MR) is 86.5 cm³/mol. The minimum atomic E-state index is -3.55. The van der Waals surface area contributed by atoms with Crippen LogP contribution >= 0.6 is 12.4 Å². The first-order valence-corrected chi connectivity index (χ1v) is 8.39. The number of piperidine rings is 1. The Bertz CT molecular complexity index is 837. The second-order valence-electron chi connectivity index (χ2n) is 5.15. The highest BCUT2D eigenvalue weighted by Gasteiger charge is 2.30.